The molecule has 1 aromatic carbocycles. The summed E-state index contributed by atoms with van der Waals surface area (Å²) in [6, 6.07) is 7.20. The van der Waals surface area contributed by atoms with E-state index < -0.39 is 7.82 Å². The molecule has 0 spiro atoms. The van der Waals surface area contributed by atoms with E-state index in [1.165, 1.54) is 25.7 Å². The van der Waals surface area contributed by atoms with Crippen LogP contribution in [0.3, 0.4) is 0 Å². The second-order valence-corrected chi connectivity index (χ2v) is 6.62. The van der Waals surface area contributed by atoms with Gasteiger partial charge in [-0.2, -0.15) is 0 Å². The smallest absolute Gasteiger partial charge is 0.404 e. The Bertz CT molecular complexity index is 464. The highest BCUT2D eigenvalue weighted by Crippen LogP contribution is 2.44. The second-order valence-electron chi connectivity index (χ2n) is 5.24. The second kappa shape index (κ2) is 10.8. The van der Waals surface area contributed by atoms with Crippen LogP contribution in [0.15, 0.2) is 24.3 Å². The van der Waals surface area contributed by atoms with Crippen molar-refractivity contribution in [1.29, 1.82) is 0 Å². The van der Waals surface area contributed by atoms with Gasteiger partial charge in [0.15, 0.2) is 0 Å². The van der Waals surface area contributed by atoms with Gasteiger partial charge >= 0.3 is 7.82 Å². The predicted molar refractivity (Wildman–Crippen MR) is 87.0 cm³/mol. The molecule has 0 saturated heterocycles. The molecule has 0 aliphatic rings. The molecular weight excluding hydrogens is 303 g/mol. The lowest BCUT2D eigenvalue weighted by Gasteiger charge is -2.15. The van der Waals surface area contributed by atoms with Gasteiger partial charge in [0.05, 0.1) is 13.2 Å². The van der Waals surface area contributed by atoms with Gasteiger partial charge in [0, 0.05) is 0 Å². The average molecular weight is 330 g/mol. The lowest BCUT2D eigenvalue weighted by atomic mass is 10.0. The van der Waals surface area contributed by atoms with E-state index >= 15 is 0 Å². The Balaban J connectivity index is 2.49. The third kappa shape index (κ3) is 7.95. The van der Waals surface area contributed by atoms with Crippen molar-refractivity contribution in [1.82, 2.24) is 0 Å². The molecule has 5 nitrogen and oxygen atoms in total. The fourth-order valence-electron chi connectivity index (χ4n) is 2.20. The number of phosphoric ester groups is 1. The fourth-order valence-corrected chi connectivity index (χ4v) is 2.99. The van der Waals surface area contributed by atoms with Gasteiger partial charge in [0.25, 0.3) is 0 Å². The van der Waals surface area contributed by atoms with Crippen molar-refractivity contribution in [3.63, 3.8) is 0 Å². The molecule has 0 aliphatic heterocycles. The van der Waals surface area contributed by atoms with Crippen LogP contribution in [0.4, 0.5) is 0 Å². The van der Waals surface area contributed by atoms with Crippen molar-refractivity contribution in [3.8, 4) is 5.75 Å². The molecule has 0 saturated carbocycles. The van der Waals surface area contributed by atoms with E-state index in [0.29, 0.717) is 5.75 Å². The largest absolute Gasteiger partial charge is 0.527 e. The van der Waals surface area contributed by atoms with Crippen LogP contribution >= 0.6 is 7.82 Å². The maximum Gasteiger partial charge on any atom is 0.527 e. The molecule has 6 heteroatoms. The lowest BCUT2D eigenvalue weighted by molar-refractivity contribution is 0.155. The maximum atomic E-state index is 11.7. The van der Waals surface area contributed by atoms with Gasteiger partial charge in [-0.05, 0) is 24.5 Å². The van der Waals surface area contributed by atoms with Crippen molar-refractivity contribution in [3.05, 3.63) is 29.8 Å². The Labute approximate surface area is 132 Å². The van der Waals surface area contributed by atoms with Crippen molar-refractivity contribution in [2.24, 2.45) is 0 Å². The van der Waals surface area contributed by atoms with Crippen LogP contribution in [-0.4, -0.2) is 23.2 Å². The Kier molecular flexibility index (Phi) is 9.41. The number of unbranched alkanes of at least 4 members (excludes halogenated alkanes) is 5. The minimum absolute atomic E-state index is 0.229. The van der Waals surface area contributed by atoms with Crippen molar-refractivity contribution >= 4 is 7.82 Å². The summed E-state index contributed by atoms with van der Waals surface area (Å²) >= 11 is 0. The first kappa shape index (κ1) is 19.2. The number of phosphoric acid groups is 1. The first-order chi connectivity index (χ1) is 10.6. The summed E-state index contributed by atoms with van der Waals surface area (Å²) < 4.78 is 21.5. The van der Waals surface area contributed by atoms with E-state index in [1.54, 1.807) is 12.1 Å². The topological polar surface area (TPSA) is 76.0 Å². The van der Waals surface area contributed by atoms with Crippen molar-refractivity contribution in [2.75, 3.05) is 13.2 Å². The highest BCUT2D eigenvalue weighted by Gasteiger charge is 2.23. The van der Waals surface area contributed by atoms with E-state index in [4.69, 9.17) is 9.63 Å². The maximum absolute atomic E-state index is 11.7. The molecule has 1 atom stereocenters. The van der Waals surface area contributed by atoms with Crippen LogP contribution in [0.1, 0.15) is 51.0 Å². The first-order valence-corrected chi connectivity index (χ1v) is 9.44. The highest BCUT2D eigenvalue weighted by molar-refractivity contribution is 7.47. The van der Waals surface area contributed by atoms with Crippen LogP contribution in [0, 0.1) is 0 Å². The zero-order valence-electron chi connectivity index (χ0n) is 13.2. The van der Waals surface area contributed by atoms with Crippen LogP contribution in [-0.2, 0) is 15.5 Å². The van der Waals surface area contributed by atoms with Crippen molar-refractivity contribution in [2.45, 2.75) is 51.9 Å². The molecule has 0 heterocycles. The summed E-state index contributed by atoms with van der Waals surface area (Å²) in [6.07, 6.45) is 7.96. The molecule has 2 N–H and O–H groups in total. The molecular formula is C16H27O5P. The van der Waals surface area contributed by atoms with Gasteiger partial charge in [-0.15, -0.1) is 0 Å². The zero-order chi connectivity index (χ0) is 16.3. The molecule has 1 aromatic rings. The van der Waals surface area contributed by atoms with Crippen LogP contribution in [0.2, 0.25) is 0 Å². The molecule has 22 heavy (non-hydrogen) atoms. The Hall–Kier alpha value is -0.870. The van der Waals surface area contributed by atoms with Gasteiger partial charge in [0.1, 0.15) is 5.75 Å². The van der Waals surface area contributed by atoms with E-state index in [1.807, 2.05) is 12.1 Å². The summed E-state index contributed by atoms with van der Waals surface area (Å²) in [6.45, 7) is 1.64. The van der Waals surface area contributed by atoms with Gasteiger partial charge in [-0.1, -0.05) is 57.2 Å². The zero-order valence-corrected chi connectivity index (χ0v) is 14.1. The van der Waals surface area contributed by atoms with Gasteiger partial charge in [0.2, 0.25) is 0 Å². The Morgan fingerprint density at radius 1 is 1.09 bits per heavy atom. The van der Waals surface area contributed by atoms with E-state index in [-0.39, 0.29) is 13.2 Å². The van der Waals surface area contributed by atoms with E-state index in [0.717, 1.165) is 24.8 Å². The standard InChI is InChI=1S/C16H27O5P/c1-2-3-4-5-6-7-10-15-11-8-9-12-16(15)21-22(18,19)20-14-13-17/h8-9,11-12,17H,2-7,10,13-14H2,1H3,(H,18,19). The lowest BCUT2D eigenvalue weighted by Crippen LogP contribution is -2.03. The summed E-state index contributed by atoms with van der Waals surface area (Å²) in [5, 5.41) is 8.64. The Morgan fingerprint density at radius 2 is 1.77 bits per heavy atom. The monoisotopic (exact) mass is 330 g/mol. The third-order valence-electron chi connectivity index (χ3n) is 3.33. The van der Waals surface area contributed by atoms with E-state index in [2.05, 4.69) is 11.4 Å². The number of aliphatic hydroxyl groups is 1. The molecule has 0 radical (unpaired) electrons. The quantitative estimate of drug-likeness (QED) is 0.446. The number of rotatable bonds is 12. The van der Waals surface area contributed by atoms with Crippen LogP contribution in [0.5, 0.6) is 5.75 Å². The molecule has 0 bridgehead atoms. The molecule has 1 unspecified atom stereocenters. The molecule has 126 valence electrons. The minimum Gasteiger partial charge on any atom is -0.404 e. The first-order valence-electron chi connectivity index (χ1n) is 7.94. The number of aryl methyl sites for hydroxylation is 1. The number of hydrogen-bond donors (Lipinski definition) is 2. The van der Waals surface area contributed by atoms with Crippen molar-refractivity contribution < 1.29 is 23.6 Å². The van der Waals surface area contributed by atoms with Crippen LogP contribution < -0.4 is 4.52 Å². The summed E-state index contributed by atoms with van der Waals surface area (Å²) in [4.78, 5) is 9.59. The van der Waals surface area contributed by atoms with Gasteiger partial charge in [-0.25, -0.2) is 4.57 Å². The molecule has 0 fully saturated rings. The molecule has 1 rings (SSSR count). The summed E-state index contributed by atoms with van der Waals surface area (Å²) in [5.41, 5.74) is 0.903. The number of aliphatic hydroxyl groups excluding tert-OH is 1. The van der Waals surface area contributed by atoms with Gasteiger partial charge < -0.3 is 9.63 Å². The predicted octanol–water partition coefficient (Wildman–Crippen LogP) is 4.08. The number of hydrogen-bond acceptors (Lipinski definition) is 4. The van der Waals surface area contributed by atoms with Crippen LogP contribution in [0.25, 0.3) is 0 Å². The third-order valence-corrected chi connectivity index (χ3v) is 4.27. The summed E-state index contributed by atoms with van der Waals surface area (Å²) in [5.74, 6) is 0.375. The Morgan fingerprint density at radius 3 is 2.50 bits per heavy atom. The van der Waals surface area contributed by atoms with E-state index in [9.17, 15) is 9.46 Å². The SMILES string of the molecule is CCCCCCCCc1ccccc1OP(=O)(O)OCCO. The molecule has 0 aliphatic carbocycles. The van der Waals surface area contributed by atoms with Gasteiger partial charge in [-0.3, -0.25) is 9.42 Å². The summed E-state index contributed by atoms with van der Waals surface area (Å²) in [7, 11) is -4.17. The fraction of sp³-hybridized carbons (Fsp3) is 0.625. The molecule has 0 aromatic heterocycles. The number of benzene rings is 1. The average Bonchev–Trinajstić information content (AvgIpc) is 2.50. The minimum atomic E-state index is -4.17. The highest BCUT2D eigenvalue weighted by atomic mass is 31.2. The number of para-hydroxylation sites is 1. The normalized spacial score (nSPS) is 13.8. The molecule has 0 amide bonds.